The molecule has 0 aromatic heterocycles. The van der Waals surface area contributed by atoms with Crippen molar-refractivity contribution in [3.8, 4) is 0 Å². The third kappa shape index (κ3) is 7.52. The summed E-state index contributed by atoms with van der Waals surface area (Å²) in [5, 5.41) is 9.02. The second-order valence-electron chi connectivity index (χ2n) is 2.61. The van der Waals surface area contributed by atoms with Crippen LogP contribution in [0.15, 0.2) is 0 Å². The second-order valence-corrected chi connectivity index (χ2v) is 3.01. The van der Waals surface area contributed by atoms with Gasteiger partial charge in [0.25, 0.3) is 0 Å². The van der Waals surface area contributed by atoms with Crippen LogP contribution >= 0.6 is 12.2 Å². The number of thiocarbonyl (C=S) groups is 1. The van der Waals surface area contributed by atoms with Gasteiger partial charge in [-0.3, -0.25) is 4.79 Å². The number of carbonyl (C=O) groups is 1. The predicted octanol–water partition coefficient (Wildman–Crippen LogP) is -0.00340. The Bertz CT molecular complexity index is 173. The summed E-state index contributed by atoms with van der Waals surface area (Å²) >= 11 is 4.84. The van der Waals surface area contributed by atoms with Crippen LogP contribution in [0, 0.1) is 0 Å². The smallest absolute Gasteiger partial charge is 0.221 e. The zero-order chi connectivity index (χ0) is 10.1. The Morgan fingerprint density at radius 3 is 2.54 bits per heavy atom. The molecule has 3 N–H and O–H groups in total. The molecule has 0 atom stereocenters. The van der Waals surface area contributed by atoms with E-state index in [4.69, 9.17) is 12.2 Å². The van der Waals surface area contributed by atoms with Crippen molar-refractivity contribution in [2.45, 2.75) is 19.8 Å². The van der Waals surface area contributed by atoms with Crippen LogP contribution in [0.5, 0.6) is 0 Å². The Kier molecular flexibility index (Phi) is 7.29. The van der Waals surface area contributed by atoms with Crippen LogP contribution < -0.4 is 16.0 Å². The van der Waals surface area contributed by atoms with Crippen molar-refractivity contribution < 1.29 is 4.79 Å². The van der Waals surface area contributed by atoms with Crippen LogP contribution in [-0.2, 0) is 4.79 Å². The van der Waals surface area contributed by atoms with Crippen LogP contribution in [0.4, 0.5) is 0 Å². The molecule has 0 aliphatic rings. The van der Waals surface area contributed by atoms with E-state index in [9.17, 15) is 4.79 Å². The molecule has 1 amide bonds. The minimum atomic E-state index is 0.0632. The number of hydrogen-bond acceptors (Lipinski definition) is 2. The molecule has 0 aromatic rings. The van der Waals surface area contributed by atoms with Crippen molar-refractivity contribution in [2.75, 3.05) is 20.1 Å². The molecule has 0 aliphatic carbocycles. The maximum atomic E-state index is 11.1. The Labute approximate surface area is 84.5 Å². The average molecular weight is 203 g/mol. The third-order valence-corrected chi connectivity index (χ3v) is 1.79. The standard InChI is InChI=1S/C8H17N3OS/c1-3-5-10-7(12)4-6-11-8(13)9-2/h3-6H2,1-2H3,(H,10,12)(H2,9,11,13). The van der Waals surface area contributed by atoms with Gasteiger partial charge >= 0.3 is 0 Å². The monoisotopic (exact) mass is 203 g/mol. The molecule has 0 aliphatic heterocycles. The molecule has 0 fully saturated rings. The van der Waals surface area contributed by atoms with Crippen LogP contribution in [0.2, 0.25) is 0 Å². The van der Waals surface area contributed by atoms with E-state index >= 15 is 0 Å². The number of hydrogen-bond donors (Lipinski definition) is 3. The zero-order valence-electron chi connectivity index (χ0n) is 8.14. The lowest BCUT2D eigenvalue weighted by atomic mass is 10.4. The first kappa shape index (κ1) is 12.2. The summed E-state index contributed by atoms with van der Waals surface area (Å²) in [5.74, 6) is 0.0632. The van der Waals surface area contributed by atoms with Gasteiger partial charge in [0.15, 0.2) is 5.11 Å². The summed E-state index contributed by atoms with van der Waals surface area (Å²) in [4.78, 5) is 11.1. The fourth-order valence-electron chi connectivity index (χ4n) is 0.731. The SMILES string of the molecule is CCCNC(=O)CCNC(=S)NC. The normalized spacial score (nSPS) is 9.08. The summed E-state index contributed by atoms with van der Waals surface area (Å²) in [6.07, 6.45) is 1.43. The molecule has 0 bridgehead atoms. The fourth-order valence-corrected chi connectivity index (χ4v) is 0.833. The Morgan fingerprint density at radius 1 is 1.31 bits per heavy atom. The molecule has 0 unspecified atom stereocenters. The van der Waals surface area contributed by atoms with Gasteiger partial charge in [0.05, 0.1) is 0 Å². The van der Waals surface area contributed by atoms with Crippen LogP contribution in [0.25, 0.3) is 0 Å². The maximum Gasteiger partial charge on any atom is 0.221 e. The highest BCUT2D eigenvalue weighted by molar-refractivity contribution is 7.80. The van der Waals surface area contributed by atoms with E-state index in [1.807, 2.05) is 6.92 Å². The van der Waals surface area contributed by atoms with Crippen molar-refractivity contribution >= 4 is 23.2 Å². The van der Waals surface area contributed by atoms with Crippen molar-refractivity contribution in [1.82, 2.24) is 16.0 Å². The minimum Gasteiger partial charge on any atom is -0.366 e. The largest absolute Gasteiger partial charge is 0.366 e. The summed E-state index contributed by atoms with van der Waals surface area (Å²) in [6.45, 7) is 3.35. The molecule has 0 aromatic carbocycles. The minimum absolute atomic E-state index is 0.0632. The predicted molar refractivity (Wildman–Crippen MR) is 57.6 cm³/mol. The van der Waals surface area contributed by atoms with Gasteiger partial charge in [-0.2, -0.15) is 0 Å². The Morgan fingerprint density at radius 2 is 2.00 bits per heavy atom. The lowest BCUT2D eigenvalue weighted by Gasteiger charge is -2.06. The van der Waals surface area contributed by atoms with E-state index in [2.05, 4.69) is 16.0 Å². The van der Waals surface area contributed by atoms with Crippen LogP contribution in [0.3, 0.4) is 0 Å². The number of nitrogens with one attached hydrogen (secondary N) is 3. The molecule has 13 heavy (non-hydrogen) atoms. The molecule has 4 nitrogen and oxygen atoms in total. The molecule has 0 radical (unpaired) electrons. The van der Waals surface area contributed by atoms with Crippen LogP contribution in [0.1, 0.15) is 19.8 Å². The van der Waals surface area contributed by atoms with Gasteiger partial charge in [-0.15, -0.1) is 0 Å². The van der Waals surface area contributed by atoms with Crippen molar-refractivity contribution in [3.63, 3.8) is 0 Å². The molecule has 5 heteroatoms. The van der Waals surface area contributed by atoms with Crippen molar-refractivity contribution in [3.05, 3.63) is 0 Å². The Balaban J connectivity index is 3.31. The van der Waals surface area contributed by atoms with E-state index in [1.54, 1.807) is 7.05 Å². The highest BCUT2D eigenvalue weighted by Gasteiger charge is 1.99. The quantitative estimate of drug-likeness (QED) is 0.550. The summed E-state index contributed by atoms with van der Waals surface area (Å²) in [6, 6.07) is 0. The topological polar surface area (TPSA) is 53.2 Å². The van der Waals surface area contributed by atoms with Gasteiger partial charge in [-0.1, -0.05) is 6.92 Å². The molecule has 0 rings (SSSR count). The number of rotatable bonds is 5. The molecular weight excluding hydrogens is 186 g/mol. The van der Waals surface area contributed by atoms with Gasteiger partial charge in [-0.25, -0.2) is 0 Å². The number of amides is 1. The lowest BCUT2D eigenvalue weighted by Crippen LogP contribution is -2.35. The van der Waals surface area contributed by atoms with Gasteiger partial charge in [0, 0.05) is 26.6 Å². The molecule has 76 valence electrons. The first-order valence-electron chi connectivity index (χ1n) is 4.43. The fraction of sp³-hybridized carbons (Fsp3) is 0.750. The Hall–Kier alpha value is -0.840. The van der Waals surface area contributed by atoms with Crippen molar-refractivity contribution in [1.29, 1.82) is 0 Å². The van der Waals surface area contributed by atoms with E-state index in [1.165, 1.54) is 0 Å². The van der Waals surface area contributed by atoms with Gasteiger partial charge in [0.1, 0.15) is 0 Å². The van der Waals surface area contributed by atoms with E-state index in [0.29, 0.717) is 18.1 Å². The summed E-state index contributed by atoms with van der Waals surface area (Å²) < 4.78 is 0. The van der Waals surface area contributed by atoms with Gasteiger partial charge in [0.2, 0.25) is 5.91 Å². The summed E-state index contributed by atoms with van der Waals surface area (Å²) in [5.41, 5.74) is 0. The molecule has 0 spiro atoms. The average Bonchev–Trinajstić information content (AvgIpc) is 2.14. The van der Waals surface area contributed by atoms with Gasteiger partial charge in [-0.05, 0) is 18.6 Å². The maximum absolute atomic E-state index is 11.1. The first-order chi connectivity index (χ1) is 6.20. The van der Waals surface area contributed by atoms with Gasteiger partial charge < -0.3 is 16.0 Å². The molecule has 0 saturated carbocycles. The second kappa shape index (κ2) is 7.79. The number of carbonyl (C=O) groups excluding carboxylic acids is 1. The van der Waals surface area contributed by atoms with E-state index < -0.39 is 0 Å². The summed E-state index contributed by atoms with van der Waals surface area (Å²) in [7, 11) is 1.74. The van der Waals surface area contributed by atoms with E-state index in [0.717, 1.165) is 13.0 Å². The zero-order valence-corrected chi connectivity index (χ0v) is 8.96. The third-order valence-electron chi connectivity index (χ3n) is 1.44. The molecule has 0 heterocycles. The van der Waals surface area contributed by atoms with Crippen LogP contribution in [-0.4, -0.2) is 31.2 Å². The highest BCUT2D eigenvalue weighted by atomic mass is 32.1. The van der Waals surface area contributed by atoms with Crippen molar-refractivity contribution in [2.24, 2.45) is 0 Å². The van der Waals surface area contributed by atoms with E-state index in [-0.39, 0.29) is 5.91 Å². The highest BCUT2D eigenvalue weighted by Crippen LogP contribution is 1.78. The molecule has 0 saturated heterocycles. The molecular formula is C8H17N3OS. The first-order valence-corrected chi connectivity index (χ1v) is 4.83. The lowest BCUT2D eigenvalue weighted by molar-refractivity contribution is -0.120.